The lowest BCUT2D eigenvalue weighted by Crippen LogP contribution is -2.50. The SMILES string of the molecule is COc1ccc2c(c1)CN[C@H](C(=O)N1CCC[C@H]1C#N)C2. The molecule has 110 valence electrons. The van der Waals surface area contributed by atoms with Crippen LogP contribution in [0.15, 0.2) is 18.2 Å². The molecule has 1 aromatic rings. The Morgan fingerprint density at radius 2 is 2.33 bits per heavy atom. The summed E-state index contributed by atoms with van der Waals surface area (Å²) in [7, 11) is 1.65. The molecular weight excluding hydrogens is 266 g/mol. The molecule has 2 aliphatic heterocycles. The first-order valence-corrected chi connectivity index (χ1v) is 7.32. The summed E-state index contributed by atoms with van der Waals surface area (Å²) in [5, 5.41) is 12.4. The molecule has 0 saturated carbocycles. The van der Waals surface area contributed by atoms with E-state index in [9.17, 15) is 4.79 Å². The van der Waals surface area contributed by atoms with Gasteiger partial charge in [-0.05, 0) is 42.5 Å². The maximum absolute atomic E-state index is 12.6. The predicted molar refractivity (Wildman–Crippen MR) is 77.7 cm³/mol. The van der Waals surface area contributed by atoms with Crippen LogP contribution in [0.3, 0.4) is 0 Å². The second-order valence-corrected chi connectivity index (χ2v) is 5.59. The summed E-state index contributed by atoms with van der Waals surface area (Å²) < 4.78 is 5.23. The van der Waals surface area contributed by atoms with Crippen LogP contribution >= 0.6 is 0 Å². The third-order valence-corrected chi connectivity index (χ3v) is 4.36. The van der Waals surface area contributed by atoms with Crippen molar-refractivity contribution in [2.45, 2.75) is 37.9 Å². The highest BCUT2D eigenvalue weighted by Crippen LogP contribution is 2.24. The summed E-state index contributed by atoms with van der Waals surface area (Å²) in [6, 6.07) is 7.72. The number of fused-ring (bicyclic) bond motifs is 1. The molecule has 0 aliphatic carbocycles. The number of benzene rings is 1. The number of nitriles is 1. The van der Waals surface area contributed by atoms with Gasteiger partial charge in [0.1, 0.15) is 11.8 Å². The lowest BCUT2D eigenvalue weighted by Gasteiger charge is -2.30. The maximum Gasteiger partial charge on any atom is 0.241 e. The number of rotatable bonds is 2. The number of hydrogen-bond donors (Lipinski definition) is 1. The molecule has 0 radical (unpaired) electrons. The van der Waals surface area contributed by atoms with Crippen LogP contribution in [-0.2, 0) is 17.8 Å². The minimum Gasteiger partial charge on any atom is -0.497 e. The van der Waals surface area contributed by atoms with Crippen molar-refractivity contribution in [2.24, 2.45) is 0 Å². The van der Waals surface area contributed by atoms with Crippen LogP contribution in [0, 0.1) is 11.3 Å². The van der Waals surface area contributed by atoms with E-state index < -0.39 is 0 Å². The monoisotopic (exact) mass is 285 g/mol. The number of likely N-dealkylation sites (tertiary alicyclic amines) is 1. The summed E-state index contributed by atoms with van der Waals surface area (Å²) in [5.74, 6) is 0.893. The van der Waals surface area contributed by atoms with E-state index >= 15 is 0 Å². The lowest BCUT2D eigenvalue weighted by molar-refractivity contribution is -0.133. The predicted octanol–water partition coefficient (Wildman–Crippen LogP) is 1.22. The summed E-state index contributed by atoms with van der Waals surface area (Å²) in [4.78, 5) is 14.3. The highest BCUT2D eigenvalue weighted by atomic mass is 16.5. The average molecular weight is 285 g/mol. The van der Waals surface area contributed by atoms with Crippen LogP contribution in [-0.4, -0.2) is 36.5 Å². The van der Waals surface area contributed by atoms with Crippen molar-refractivity contribution in [3.05, 3.63) is 29.3 Å². The van der Waals surface area contributed by atoms with Crippen LogP contribution in [0.5, 0.6) is 5.75 Å². The Kier molecular flexibility index (Phi) is 3.80. The highest BCUT2D eigenvalue weighted by Gasteiger charge is 2.34. The summed E-state index contributed by atoms with van der Waals surface area (Å²) >= 11 is 0. The molecule has 1 N–H and O–H groups in total. The first kappa shape index (κ1) is 13.9. The van der Waals surface area contributed by atoms with Crippen molar-refractivity contribution in [3.8, 4) is 11.8 Å². The number of carbonyl (C=O) groups is 1. The Morgan fingerprint density at radius 3 is 3.10 bits per heavy atom. The van der Waals surface area contributed by atoms with Gasteiger partial charge in [0.2, 0.25) is 5.91 Å². The lowest BCUT2D eigenvalue weighted by atomic mass is 9.94. The van der Waals surface area contributed by atoms with Crippen molar-refractivity contribution in [1.82, 2.24) is 10.2 Å². The molecule has 0 bridgehead atoms. The minimum absolute atomic E-state index is 0.0560. The number of amides is 1. The standard InChI is InChI=1S/C16H19N3O2/c1-21-14-5-4-11-8-15(18-10-12(11)7-14)16(20)19-6-2-3-13(19)9-17/h4-5,7,13,15,18H,2-3,6,8,10H2,1H3/t13-,15-/m0/s1. The van der Waals surface area contributed by atoms with Crippen LogP contribution in [0.4, 0.5) is 0 Å². The first-order valence-electron chi connectivity index (χ1n) is 7.32. The summed E-state index contributed by atoms with van der Waals surface area (Å²) in [5.41, 5.74) is 2.36. The number of ether oxygens (including phenoxy) is 1. The molecular formula is C16H19N3O2. The second kappa shape index (κ2) is 5.74. The van der Waals surface area contributed by atoms with Crippen molar-refractivity contribution in [3.63, 3.8) is 0 Å². The molecule has 1 fully saturated rings. The van der Waals surface area contributed by atoms with Crippen LogP contribution < -0.4 is 10.1 Å². The van der Waals surface area contributed by atoms with Crippen LogP contribution in [0.1, 0.15) is 24.0 Å². The van der Waals surface area contributed by atoms with Gasteiger partial charge in [-0.25, -0.2) is 0 Å². The van der Waals surface area contributed by atoms with E-state index in [-0.39, 0.29) is 18.0 Å². The highest BCUT2D eigenvalue weighted by molar-refractivity contribution is 5.83. The Bertz CT molecular complexity index is 594. The van der Waals surface area contributed by atoms with Crippen LogP contribution in [0.2, 0.25) is 0 Å². The summed E-state index contributed by atoms with van der Waals surface area (Å²) in [6.07, 6.45) is 2.39. The zero-order valence-electron chi connectivity index (χ0n) is 12.1. The molecule has 0 aromatic heterocycles. The molecule has 0 unspecified atom stereocenters. The van der Waals surface area contributed by atoms with Gasteiger partial charge in [0.15, 0.2) is 0 Å². The Morgan fingerprint density at radius 1 is 1.48 bits per heavy atom. The minimum atomic E-state index is -0.253. The van der Waals surface area contributed by atoms with Gasteiger partial charge in [0, 0.05) is 13.1 Å². The molecule has 1 aromatic carbocycles. The number of hydrogen-bond acceptors (Lipinski definition) is 4. The molecule has 5 nitrogen and oxygen atoms in total. The Labute approximate surface area is 124 Å². The third kappa shape index (κ3) is 2.59. The van der Waals surface area contributed by atoms with E-state index in [0.717, 1.165) is 18.6 Å². The van der Waals surface area contributed by atoms with E-state index in [1.165, 1.54) is 11.1 Å². The number of carbonyl (C=O) groups excluding carboxylic acids is 1. The molecule has 1 amide bonds. The molecule has 2 atom stereocenters. The molecule has 3 rings (SSSR count). The van der Waals surface area contributed by atoms with Gasteiger partial charge >= 0.3 is 0 Å². The van der Waals surface area contributed by atoms with E-state index in [4.69, 9.17) is 10.00 Å². The average Bonchev–Trinajstić information content (AvgIpc) is 3.01. The number of methoxy groups -OCH3 is 1. The molecule has 1 saturated heterocycles. The topological polar surface area (TPSA) is 65.4 Å². The van der Waals surface area contributed by atoms with Gasteiger partial charge in [-0.2, -0.15) is 5.26 Å². The Hall–Kier alpha value is -2.06. The van der Waals surface area contributed by atoms with E-state index in [0.29, 0.717) is 19.5 Å². The van der Waals surface area contributed by atoms with Gasteiger partial charge in [0.05, 0.1) is 19.2 Å². The molecule has 2 aliphatic rings. The summed E-state index contributed by atoms with van der Waals surface area (Å²) in [6.45, 7) is 1.36. The normalized spacial score (nSPS) is 24.3. The van der Waals surface area contributed by atoms with Gasteiger partial charge in [-0.15, -0.1) is 0 Å². The molecule has 0 spiro atoms. The fourth-order valence-electron chi connectivity index (χ4n) is 3.16. The maximum atomic E-state index is 12.6. The zero-order valence-corrected chi connectivity index (χ0v) is 12.1. The van der Waals surface area contributed by atoms with Gasteiger partial charge < -0.3 is 15.0 Å². The zero-order chi connectivity index (χ0) is 14.8. The van der Waals surface area contributed by atoms with Crippen molar-refractivity contribution in [2.75, 3.05) is 13.7 Å². The van der Waals surface area contributed by atoms with Crippen molar-refractivity contribution in [1.29, 1.82) is 5.26 Å². The second-order valence-electron chi connectivity index (χ2n) is 5.59. The van der Waals surface area contributed by atoms with Crippen LogP contribution in [0.25, 0.3) is 0 Å². The molecule has 2 heterocycles. The quantitative estimate of drug-likeness (QED) is 0.887. The fourth-order valence-corrected chi connectivity index (χ4v) is 3.16. The molecule has 5 heteroatoms. The van der Waals surface area contributed by atoms with E-state index in [2.05, 4.69) is 11.4 Å². The van der Waals surface area contributed by atoms with Gasteiger partial charge in [-0.1, -0.05) is 6.07 Å². The van der Waals surface area contributed by atoms with E-state index in [1.807, 2.05) is 18.2 Å². The van der Waals surface area contributed by atoms with Gasteiger partial charge in [0.25, 0.3) is 0 Å². The largest absolute Gasteiger partial charge is 0.497 e. The van der Waals surface area contributed by atoms with Crippen molar-refractivity contribution >= 4 is 5.91 Å². The fraction of sp³-hybridized carbons (Fsp3) is 0.500. The van der Waals surface area contributed by atoms with E-state index in [1.54, 1.807) is 12.0 Å². The number of nitrogens with zero attached hydrogens (tertiary/aromatic N) is 2. The van der Waals surface area contributed by atoms with Crippen molar-refractivity contribution < 1.29 is 9.53 Å². The first-order chi connectivity index (χ1) is 10.2. The van der Waals surface area contributed by atoms with Gasteiger partial charge in [-0.3, -0.25) is 4.79 Å². The third-order valence-electron chi connectivity index (χ3n) is 4.36. The molecule has 21 heavy (non-hydrogen) atoms. The number of nitrogens with one attached hydrogen (secondary N) is 1. The smallest absolute Gasteiger partial charge is 0.241 e. The Balaban J connectivity index is 1.74.